The number of nitrogens with one attached hydrogen (secondary N) is 1. The largest absolute Gasteiger partial charge is 0.392 e. The zero-order chi connectivity index (χ0) is 14.4. The standard InChI is InChI=1S/C14H22N2O3S/c15-9-13(4-1-2-5-13)10-20(18,19)16-11-8-12(17)14(11)6-3-7-14/h11-12,16-17H,1-8,10H2. The molecule has 0 bridgehead atoms. The first kappa shape index (κ1) is 14.3. The van der Waals surface area contributed by atoms with E-state index in [1.807, 2.05) is 0 Å². The molecular weight excluding hydrogens is 276 g/mol. The second-order valence-electron chi connectivity index (χ2n) is 6.87. The van der Waals surface area contributed by atoms with Crippen molar-refractivity contribution in [3.8, 4) is 6.07 Å². The normalized spacial score (nSPS) is 34.2. The Bertz CT molecular complexity index is 527. The maximum Gasteiger partial charge on any atom is 0.213 e. The first-order valence-corrected chi connectivity index (χ1v) is 9.16. The molecule has 2 atom stereocenters. The molecule has 0 aromatic rings. The zero-order valence-electron chi connectivity index (χ0n) is 11.6. The topological polar surface area (TPSA) is 90.2 Å². The molecule has 3 aliphatic carbocycles. The van der Waals surface area contributed by atoms with Crippen LogP contribution in [0.1, 0.15) is 51.4 Å². The van der Waals surface area contributed by atoms with Crippen molar-refractivity contribution >= 4 is 10.0 Å². The summed E-state index contributed by atoms with van der Waals surface area (Å²) in [5.41, 5.74) is -0.899. The van der Waals surface area contributed by atoms with Gasteiger partial charge in [-0.3, -0.25) is 0 Å². The van der Waals surface area contributed by atoms with Gasteiger partial charge in [-0.1, -0.05) is 19.3 Å². The Labute approximate surface area is 120 Å². The Kier molecular flexibility index (Phi) is 3.35. The van der Waals surface area contributed by atoms with Crippen LogP contribution in [0.2, 0.25) is 0 Å². The van der Waals surface area contributed by atoms with Gasteiger partial charge in [0.25, 0.3) is 0 Å². The second-order valence-corrected chi connectivity index (χ2v) is 8.62. The summed E-state index contributed by atoms with van der Waals surface area (Å²) in [7, 11) is -3.45. The minimum atomic E-state index is -3.45. The van der Waals surface area contributed by atoms with Gasteiger partial charge in [-0.05, 0) is 32.1 Å². The smallest absolute Gasteiger partial charge is 0.213 e. The highest BCUT2D eigenvalue weighted by atomic mass is 32.2. The van der Waals surface area contributed by atoms with Gasteiger partial charge in [0.15, 0.2) is 0 Å². The van der Waals surface area contributed by atoms with Crippen molar-refractivity contribution in [3.63, 3.8) is 0 Å². The molecule has 0 aliphatic heterocycles. The number of nitrogens with zero attached hydrogens (tertiary/aromatic N) is 1. The highest BCUT2D eigenvalue weighted by Crippen LogP contribution is 2.56. The number of hydrogen-bond donors (Lipinski definition) is 2. The Hall–Kier alpha value is -0.640. The van der Waals surface area contributed by atoms with Crippen molar-refractivity contribution in [2.75, 3.05) is 5.75 Å². The number of aliphatic hydroxyl groups is 1. The summed E-state index contributed by atoms with van der Waals surface area (Å²) in [5.74, 6) is -0.0842. The summed E-state index contributed by atoms with van der Waals surface area (Å²) in [6.45, 7) is 0. The first-order chi connectivity index (χ1) is 9.41. The third-order valence-corrected chi connectivity index (χ3v) is 7.26. The van der Waals surface area contributed by atoms with E-state index in [0.29, 0.717) is 19.3 Å². The molecule has 0 aromatic carbocycles. The zero-order valence-corrected chi connectivity index (χ0v) is 12.5. The van der Waals surface area contributed by atoms with E-state index in [1.165, 1.54) is 0 Å². The molecule has 0 radical (unpaired) electrons. The summed E-state index contributed by atoms with van der Waals surface area (Å²) in [6, 6.07) is 2.10. The van der Waals surface area contributed by atoms with E-state index >= 15 is 0 Å². The van der Waals surface area contributed by atoms with Crippen LogP contribution in [-0.4, -0.2) is 31.4 Å². The van der Waals surface area contributed by atoms with Crippen LogP contribution in [0.15, 0.2) is 0 Å². The molecule has 0 aromatic heterocycles. The lowest BCUT2D eigenvalue weighted by Gasteiger charge is -2.59. The SMILES string of the molecule is N#CC1(CS(=O)(=O)NC2CC(O)C23CCC3)CCCC1. The predicted octanol–water partition coefficient (Wildman–Crippen LogP) is 1.29. The summed E-state index contributed by atoms with van der Waals surface area (Å²) in [4.78, 5) is 0. The van der Waals surface area contributed by atoms with Crippen LogP contribution < -0.4 is 4.72 Å². The van der Waals surface area contributed by atoms with Gasteiger partial charge in [0.2, 0.25) is 10.0 Å². The van der Waals surface area contributed by atoms with Crippen LogP contribution in [-0.2, 0) is 10.0 Å². The van der Waals surface area contributed by atoms with Crippen LogP contribution in [0, 0.1) is 22.2 Å². The summed E-state index contributed by atoms with van der Waals surface area (Å²) in [6.07, 6.45) is 6.28. The molecule has 0 heterocycles. The molecule has 112 valence electrons. The Balaban J connectivity index is 1.66. The average Bonchev–Trinajstić information content (AvgIpc) is 2.74. The molecule has 5 nitrogen and oxygen atoms in total. The quantitative estimate of drug-likeness (QED) is 0.818. The molecule has 3 fully saturated rings. The highest BCUT2D eigenvalue weighted by molar-refractivity contribution is 7.89. The van der Waals surface area contributed by atoms with Crippen molar-refractivity contribution in [1.29, 1.82) is 5.26 Å². The first-order valence-electron chi connectivity index (χ1n) is 7.51. The molecule has 3 rings (SSSR count). The Morgan fingerprint density at radius 1 is 1.20 bits per heavy atom. The number of rotatable bonds is 4. The molecule has 1 spiro atoms. The van der Waals surface area contributed by atoms with Crippen LogP contribution >= 0.6 is 0 Å². The lowest BCUT2D eigenvalue weighted by Crippen LogP contribution is -2.67. The van der Waals surface area contributed by atoms with Gasteiger partial charge in [-0.15, -0.1) is 0 Å². The van der Waals surface area contributed by atoms with Crippen LogP contribution in [0.25, 0.3) is 0 Å². The van der Waals surface area contributed by atoms with E-state index in [9.17, 15) is 18.8 Å². The Morgan fingerprint density at radius 2 is 1.85 bits per heavy atom. The van der Waals surface area contributed by atoms with Crippen molar-refractivity contribution in [2.45, 2.75) is 63.5 Å². The lowest BCUT2D eigenvalue weighted by molar-refractivity contribution is -0.138. The summed E-state index contributed by atoms with van der Waals surface area (Å²) in [5, 5.41) is 19.2. The second kappa shape index (κ2) is 4.69. The van der Waals surface area contributed by atoms with Crippen LogP contribution in [0.4, 0.5) is 0 Å². The molecule has 20 heavy (non-hydrogen) atoms. The van der Waals surface area contributed by atoms with E-state index in [-0.39, 0.29) is 23.3 Å². The number of hydrogen-bond acceptors (Lipinski definition) is 4. The highest BCUT2D eigenvalue weighted by Gasteiger charge is 2.58. The van der Waals surface area contributed by atoms with E-state index in [2.05, 4.69) is 10.8 Å². The van der Waals surface area contributed by atoms with Crippen LogP contribution in [0.3, 0.4) is 0 Å². The minimum Gasteiger partial charge on any atom is -0.392 e. The minimum absolute atomic E-state index is 0.0842. The Morgan fingerprint density at radius 3 is 2.30 bits per heavy atom. The third kappa shape index (κ3) is 2.16. The molecule has 3 aliphatic rings. The fraction of sp³-hybridized carbons (Fsp3) is 0.929. The van der Waals surface area contributed by atoms with Crippen molar-refractivity contribution < 1.29 is 13.5 Å². The predicted molar refractivity (Wildman–Crippen MR) is 74.1 cm³/mol. The lowest BCUT2D eigenvalue weighted by atomic mass is 9.51. The van der Waals surface area contributed by atoms with Gasteiger partial charge < -0.3 is 5.11 Å². The van der Waals surface area contributed by atoms with Crippen molar-refractivity contribution in [1.82, 2.24) is 4.72 Å². The monoisotopic (exact) mass is 298 g/mol. The van der Waals surface area contributed by atoms with Gasteiger partial charge in [0, 0.05) is 11.5 Å². The van der Waals surface area contributed by atoms with Gasteiger partial charge in [0.05, 0.1) is 23.3 Å². The fourth-order valence-corrected chi connectivity index (χ4v) is 6.09. The molecule has 3 saturated carbocycles. The number of nitriles is 1. The molecule has 0 amide bonds. The summed E-state index contributed by atoms with van der Waals surface area (Å²) >= 11 is 0. The summed E-state index contributed by atoms with van der Waals surface area (Å²) < 4.78 is 27.5. The molecule has 6 heteroatoms. The van der Waals surface area contributed by atoms with Gasteiger partial charge >= 0.3 is 0 Å². The van der Waals surface area contributed by atoms with Gasteiger partial charge in [-0.25, -0.2) is 13.1 Å². The maximum absolute atomic E-state index is 12.3. The fourth-order valence-electron chi connectivity index (χ4n) is 4.16. The molecule has 0 saturated heterocycles. The van der Waals surface area contributed by atoms with Gasteiger partial charge in [-0.2, -0.15) is 5.26 Å². The van der Waals surface area contributed by atoms with E-state index < -0.39 is 15.4 Å². The molecule has 2 unspecified atom stereocenters. The van der Waals surface area contributed by atoms with E-state index in [0.717, 1.165) is 32.1 Å². The average molecular weight is 298 g/mol. The number of aliphatic hydroxyl groups excluding tert-OH is 1. The van der Waals surface area contributed by atoms with Crippen molar-refractivity contribution in [3.05, 3.63) is 0 Å². The van der Waals surface area contributed by atoms with E-state index in [1.54, 1.807) is 0 Å². The van der Waals surface area contributed by atoms with E-state index in [4.69, 9.17) is 0 Å². The van der Waals surface area contributed by atoms with Crippen molar-refractivity contribution in [2.24, 2.45) is 10.8 Å². The molecule has 2 N–H and O–H groups in total. The third-order valence-electron chi connectivity index (χ3n) is 5.69. The van der Waals surface area contributed by atoms with Crippen LogP contribution in [0.5, 0.6) is 0 Å². The number of sulfonamides is 1. The maximum atomic E-state index is 12.3. The molecular formula is C14H22N2O3S. The van der Waals surface area contributed by atoms with Gasteiger partial charge in [0.1, 0.15) is 0 Å².